The van der Waals surface area contributed by atoms with Gasteiger partial charge < -0.3 is 10.1 Å². The van der Waals surface area contributed by atoms with E-state index in [4.69, 9.17) is 16.3 Å². The maximum absolute atomic E-state index is 14.4. The van der Waals surface area contributed by atoms with Gasteiger partial charge in [0.25, 0.3) is 5.92 Å². The number of hydrogen-bond donors (Lipinski definition) is 1. The van der Waals surface area contributed by atoms with Gasteiger partial charge in [0, 0.05) is 29.7 Å². The van der Waals surface area contributed by atoms with Crippen molar-refractivity contribution < 1.29 is 18.3 Å². The molecule has 7 heteroatoms. The quantitative estimate of drug-likeness (QED) is 0.848. The van der Waals surface area contributed by atoms with E-state index in [1.807, 2.05) is 0 Å². The first-order valence-corrected chi connectivity index (χ1v) is 8.79. The van der Waals surface area contributed by atoms with Crippen molar-refractivity contribution in [2.45, 2.75) is 51.2 Å². The fourth-order valence-corrected chi connectivity index (χ4v) is 2.90. The Kier molecular flexibility index (Phi) is 6.27. The molecule has 1 aliphatic heterocycles. The molecule has 4 nitrogen and oxygen atoms in total. The fourth-order valence-electron chi connectivity index (χ4n) is 2.78. The van der Waals surface area contributed by atoms with Crippen LogP contribution in [0.15, 0.2) is 24.3 Å². The first-order chi connectivity index (χ1) is 11.5. The summed E-state index contributed by atoms with van der Waals surface area (Å²) in [6, 6.07) is 5.62. The molecular weight excluding hydrogens is 350 g/mol. The lowest BCUT2D eigenvalue weighted by Crippen LogP contribution is -2.48. The number of benzene rings is 1. The number of amides is 1. The molecule has 1 aromatic carbocycles. The summed E-state index contributed by atoms with van der Waals surface area (Å²) in [7, 11) is 0. The summed E-state index contributed by atoms with van der Waals surface area (Å²) >= 11 is 5.75. The Balaban J connectivity index is 1.82. The molecule has 0 aliphatic carbocycles. The third kappa shape index (κ3) is 6.44. The van der Waals surface area contributed by atoms with Gasteiger partial charge in [-0.1, -0.05) is 23.7 Å². The van der Waals surface area contributed by atoms with E-state index in [1.165, 1.54) is 24.3 Å². The maximum atomic E-state index is 14.4. The fraction of sp³-hybridized carbons (Fsp3) is 0.611. The maximum Gasteiger partial charge on any atom is 0.407 e. The first kappa shape index (κ1) is 19.9. The molecule has 1 heterocycles. The van der Waals surface area contributed by atoms with Crippen LogP contribution in [0.2, 0.25) is 5.02 Å². The minimum Gasteiger partial charge on any atom is -0.444 e. The Hall–Kier alpha value is -1.40. The van der Waals surface area contributed by atoms with E-state index in [2.05, 4.69) is 5.32 Å². The highest BCUT2D eigenvalue weighted by molar-refractivity contribution is 6.30. The molecule has 1 amide bonds. The SMILES string of the molecule is CC(C)(C)OC(=O)NC1CCN(CC(F)(F)c2ccc(Cl)cc2)CC1. The van der Waals surface area contributed by atoms with Crippen molar-refractivity contribution in [1.29, 1.82) is 0 Å². The summed E-state index contributed by atoms with van der Waals surface area (Å²) in [5.41, 5.74) is -0.586. The molecule has 1 saturated heterocycles. The minimum absolute atomic E-state index is 0.0362. The molecule has 1 aliphatic rings. The lowest BCUT2D eigenvalue weighted by molar-refractivity contribution is -0.0434. The molecule has 2 rings (SSSR count). The van der Waals surface area contributed by atoms with Crippen LogP contribution in [-0.2, 0) is 10.7 Å². The third-order valence-corrected chi connectivity index (χ3v) is 4.25. The molecule has 0 spiro atoms. The monoisotopic (exact) mass is 374 g/mol. The molecule has 1 aromatic rings. The standard InChI is InChI=1S/C18H25ClF2N2O2/c1-17(2,3)25-16(24)22-15-8-10-23(11-9-15)12-18(20,21)13-4-6-14(19)7-5-13/h4-7,15H,8-12H2,1-3H3,(H,22,24). The summed E-state index contributed by atoms with van der Waals surface area (Å²) in [6.07, 6.45) is 0.781. The number of alkyl carbamates (subject to hydrolysis) is 1. The summed E-state index contributed by atoms with van der Waals surface area (Å²) in [5, 5.41) is 3.25. The number of likely N-dealkylation sites (tertiary alicyclic amines) is 1. The van der Waals surface area contributed by atoms with E-state index in [1.54, 1.807) is 25.7 Å². The van der Waals surface area contributed by atoms with Crippen molar-refractivity contribution in [1.82, 2.24) is 10.2 Å². The Labute approximate surface area is 152 Å². The van der Waals surface area contributed by atoms with Crippen LogP contribution >= 0.6 is 11.6 Å². The highest BCUT2D eigenvalue weighted by Gasteiger charge is 2.35. The Morgan fingerprint density at radius 1 is 1.24 bits per heavy atom. The number of carbonyl (C=O) groups is 1. The number of piperidine rings is 1. The van der Waals surface area contributed by atoms with Crippen LogP contribution in [-0.4, -0.2) is 42.3 Å². The van der Waals surface area contributed by atoms with Gasteiger partial charge in [-0.15, -0.1) is 0 Å². The van der Waals surface area contributed by atoms with Crippen LogP contribution in [0, 0.1) is 0 Å². The van der Waals surface area contributed by atoms with Crippen LogP contribution in [0.4, 0.5) is 13.6 Å². The minimum atomic E-state index is -2.93. The number of nitrogens with one attached hydrogen (secondary N) is 1. The van der Waals surface area contributed by atoms with Gasteiger partial charge in [-0.25, -0.2) is 4.79 Å². The largest absolute Gasteiger partial charge is 0.444 e. The van der Waals surface area contributed by atoms with Crippen LogP contribution < -0.4 is 5.32 Å². The van der Waals surface area contributed by atoms with Gasteiger partial charge in [-0.3, -0.25) is 4.90 Å². The van der Waals surface area contributed by atoms with Crippen molar-refractivity contribution >= 4 is 17.7 Å². The van der Waals surface area contributed by atoms with Crippen LogP contribution in [0.5, 0.6) is 0 Å². The van der Waals surface area contributed by atoms with Gasteiger partial charge in [0.05, 0.1) is 6.54 Å². The number of rotatable bonds is 4. The first-order valence-electron chi connectivity index (χ1n) is 8.41. The molecule has 1 fully saturated rings. The van der Waals surface area contributed by atoms with Crippen molar-refractivity contribution in [3.63, 3.8) is 0 Å². The van der Waals surface area contributed by atoms with E-state index in [-0.39, 0.29) is 18.2 Å². The molecule has 140 valence electrons. The zero-order valence-corrected chi connectivity index (χ0v) is 15.6. The lowest BCUT2D eigenvalue weighted by atomic mass is 10.0. The second kappa shape index (κ2) is 7.87. The molecule has 0 unspecified atom stereocenters. The van der Waals surface area contributed by atoms with Gasteiger partial charge in [-0.05, 0) is 45.7 Å². The molecule has 25 heavy (non-hydrogen) atoms. The Morgan fingerprint density at radius 3 is 2.32 bits per heavy atom. The van der Waals surface area contributed by atoms with E-state index in [0.29, 0.717) is 31.0 Å². The number of nitrogens with zero attached hydrogens (tertiary/aromatic N) is 1. The van der Waals surface area contributed by atoms with Crippen molar-refractivity contribution in [2.24, 2.45) is 0 Å². The van der Waals surface area contributed by atoms with E-state index in [0.717, 1.165) is 0 Å². The highest BCUT2D eigenvalue weighted by Crippen LogP contribution is 2.30. The van der Waals surface area contributed by atoms with Gasteiger partial charge in [0.1, 0.15) is 5.60 Å². The van der Waals surface area contributed by atoms with Crippen molar-refractivity contribution in [3.8, 4) is 0 Å². The number of alkyl halides is 2. The molecule has 1 N–H and O–H groups in total. The van der Waals surface area contributed by atoms with Gasteiger partial charge in [-0.2, -0.15) is 8.78 Å². The third-order valence-electron chi connectivity index (χ3n) is 4.00. The molecule has 0 bridgehead atoms. The average molecular weight is 375 g/mol. The number of ether oxygens (including phenoxy) is 1. The van der Waals surface area contributed by atoms with E-state index in [9.17, 15) is 13.6 Å². The van der Waals surface area contributed by atoms with Crippen LogP contribution in [0.3, 0.4) is 0 Å². The second-order valence-electron chi connectivity index (χ2n) is 7.41. The molecule has 0 saturated carbocycles. The number of hydrogen-bond acceptors (Lipinski definition) is 3. The van der Waals surface area contributed by atoms with E-state index < -0.39 is 17.6 Å². The molecular formula is C18H25ClF2N2O2. The number of carbonyl (C=O) groups excluding carboxylic acids is 1. The van der Waals surface area contributed by atoms with Crippen molar-refractivity contribution in [2.75, 3.05) is 19.6 Å². The van der Waals surface area contributed by atoms with Crippen molar-refractivity contribution in [3.05, 3.63) is 34.9 Å². The van der Waals surface area contributed by atoms with Gasteiger partial charge in [0.2, 0.25) is 0 Å². The predicted octanol–water partition coefficient (Wildman–Crippen LogP) is 4.42. The van der Waals surface area contributed by atoms with Crippen LogP contribution in [0.1, 0.15) is 39.2 Å². The smallest absolute Gasteiger partial charge is 0.407 e. The van der Waals surface area contributed by atoms with Gasteiger partial charge >= 0.3 is 6.09 Å². The average Bonchev–Trinajstić information content (AvgIpc) is 2.47. The van der Waals surface area contributed by atoms with E-state index >= 15 is 0 Å². The lowest BCUT2D eigenvalue weighted by Gasteiger charge is -2.34. The zero-order chi connectivity index (χ0) is 18.7. The Morgan fingerprint density at radius 2 is 1.80 bits per heavy atom. The normalized spacial score (nSPS) is 17.4. The van der Waals surface area contributed by atoms with Crippen LogP contribution in [0.25, 0.3) is 0 Å². The highest BCUT2D eigenvalue weighted by atomic mass is 35.5. The summed E-state index contributed by atoms with van der Waals surface area (Å²) < 4.78 is 34.0. The Bertz CT molecular complexity index is 580. The zero-order valence-electron chi connectivity index (χ0n) is 14.8. The molecule has 0 radical (unpaired) electrons. The topological polar surface area (TPSA) is 41.6 Å². The second-order valence-corrected chi connectivity index (χ2v) is 7.84. The summed E-state index contributed by atoms with van der Waals surface area (Å²) in [5.74, 6) is -2.93. The summed E-state index contributed by atoms with van der Waals surface area (Å²) in [6.45, 7) is 6.07. The molecule has 0 aromatic heterocycles. The predicted molar refractivity (Wildman–Crippen MR) is 94.2 cm³/mol. The van der Waals surface area contributed by atoms with Gasteiger partial charge in [0.15, 0.2) is 0 Å². The molecule has 0 atom stereocenters. The number of halogens is 3. The summed E-state index contributed by atoms with van der Waals surface area (Å²) in [4.78, 5) is 13.5.